The van der Waals surface area contributed by atoms with Gasteiger partial charge in [0.2, 0.25) is 0 Å². The molecule has 0 fully saturated rings. The van der Waals surface area contributed by atoms with Crippen LogP contribution in [0.3, 0.4) is 0 Å². The first-order valence-corrected chi connectivity index (χ1v) is 10.8. The van der Waals surface area contributed by atoms with Crippen molar-refractivity contribution in [3.63, 3.8) is 0 Å². The topological polar surface area (TPSA) is 125 Å². The molecule has 0 spiro atoms. The lowest BCUT2D eigenvalue weighted by atomic mass is 10.3. The van der Waals surface area contributed by atoms with Crippen LogP contribution in [0.15, 0.2) is 72.8 Å². The highest BCUT2D eigenvalue weighted by molar-refractivity contribution is 6.30. The van der Waals surface area contributed by atoms with Crippen molar-refractivity contribution in [2.75, 3.05) is 0 Å². The summed E-state index contributed by atoms with van der Waals surface area (Å²) >= 11 is 11.4. The van der Waals surface area contributed by atoms with Gasteiger partial charge in [-0.3, -0.25) is 10.1 Å². The van der Waals surface area contributed by atoms with Crippen molar-refractivity contribution in [1.29, 1.82) is 0 Å². The predicted octanol–water partition coefficient (Wildman–Crippen LogP) is 6.45. The summed E-state index contributed by atoms with van der Waals surface area (Å²) in [5, 5.41) is 20.2. The number of aliphatic carboxylic acids is 1. The molecule has 0 saturated carbocycles. The molecule has 0 aliphatic rings. The van der Waals surface area contributed by atoms with E-state index in [4.69, 9.17) is 42.5 Å². The lowest BCUT2D eigenvalue weighted by Gasteiger charge is -2.13. The second kappa shape index (κ2) is 14.6. The van der Waals surface area contributed by atoms with E-state index < -0.39 is 29.1 Å². The fourth-order valence-corrected chi connectivity index (χ4v) is 2.62. The zero-order valence-corrected chi connectivity index (χ0v) is 20.1. The minimum atomic E-state index is -0.991. The molecule has 0 aliphatic heterocycles. The standard InChI is InChI=1S/C15H12ClNO5.C9H9ClO3.CH4/c1-10(21-13-6-2-11(16)3-7-13)15(18)22-14-8-4-12(5-9-14)17(19)20;1-6(9(11)12)13-8-4-2-7(10)3-5-8;/h2-10H,1H3;2-6H,1H3,(H,11,12);1H4/t10-;6-;/m00./s1. The van der Waals surface area contributed by atoms with Crippen molar-refractivity contribution >= 4 is 40.8 Å². The largest absolute Gasteiger partial charge is 0.479 e. The molecule has 0 aromatic heterocycles. The van der Waals surface area contributed by atoms with Gasteiger partial charge in [0, 0.05) is 22.2 Å². The maximum absolute atomic E-state index is 11.9. The molecule has 3 rings (SSSR count). The average Bonchev–Trinajstić information content (AvgIpc) is 2.82. The highest BCUT2D eigenvalue weighted by Gasteiger charge is 2.18. The summed E-state index contributed by atoms with van der Waals surface area (Å²) in [6.45, 7) is 3.01. The summed E-state index contributed by atoms with van der Waals surface area (Å²) in [5.74, 6) is -0.405. The van der Waals surface area contributed by atoms with Crippen LogP contribution in [-0.4, -0.2) is 34.2 Å². The number of nitro benzene ring substituents is 1. The van der Waals surface area contributed by atoms with E-state index in [0.29, 0.717) is 21.5 Å². The second-order valence-corrected chi connectivity index (χ2v) is 7.81. The number of hydrogen-bond donors (Lipinski definition) is 1. The van der Waals surface area contributed by atoms with Crippen molar-refractivity contribution in [2.24, 2.45) is 0 Å². The molecule has 9 nitrogen and oxygen atoms in total. The summed E-state index contributed by atoms with van der Waals surface area (Å²) in [7, 11) is 0. The van der Waals surface area contributed by atoms with Crippen molar-refractivity contribution in [3.8, 4) is 17.2 Å². The Kier molecular flexibility index (Phi) is 12.2. The van der Waals surface area contributed by atoms with E-state index in [9.17, 15) is 19.7 Å². The second-order valence-electron chi connectivity index (χ2n) is 6.94. The lowest BCUT2D eigenvalue weighted by molar-refractivity contribution is -0.384. The van der Waals surface area contributed by atoms with E-state index in [0.717, 1.165) is 0 Å². The SMILES string of the molecule is C.C[C@H](Oc1ccc(Cl)cc1)C(=O)O.C[C@H](Oc1ccc(Cl)cc1)C(=O)Oc1ccc([N+](=O)[O-])cc1. The number of carboxylic acids is 1. The average molecular weight is 538 g/mol. The lowest BCUT2D eigenvalue weighted by Crippen LogP contribution is -2.28. The molecule has 192 valence electrons. The first-order chi connectivity index (χ1) is 16.5. The number of halogens is 2. The number of carbonyl (C=O) groups excluding carboxylic acids is 1. The van der Waals surface area contributed by atoms with Gasteiger partial charge in [-0.15, -0.1) is 0 Å². The van der Waals surface area contributed by atoms with Crippen molar-refractivity contribution in [1.82, 2.24) is 0 Å². The van der Waals surface area contributed by atoms with E-state index in [1.54, 1.807) is 55.5 Å². The van der Waals surface area contributed by atoms with E-state index in [-0.39, 0.29) is 18.9 Å². The quantitative estimate of drug-likeness (QED) is 0.150. The van der Waals surface area contributed by atoms with Crippen LogP contribution in [0.1, 0.15) is 21.3 Å². The maximum Gasteiger partial charge on any atom is 0.352 e. The zero-order valence-electron chi connectivity index (χ0n) is 18.6. The number of carboxylic acid groups (broad SMARTS) is 1. The van der Waals surface area contributed by atoms with Crippen LogP contribution in [0.25, 0.3) is 0 Å². The van der Waals surface area contributed by atoms with Gasteiger partial charge in [0.1, 0.15) is 17.2 Å². The number of nitro groups is 1. The minimum Gasteiger partial charge on any atom is -0.479 e. The van der Waals surface area contributed by atoms with Gasteiger partial charge in [0.25, 0.3) is 5.69 Å². The number of ether oxygens (including phenoxy) is 3. The molecule has 1 N–H and O–H groups in total. The molecule has 0 aliphatic carbocycles. The highest BCUT2D eigenvalue weighted by Crippen LogP contribution is 2.20. The summed E-state index contributed by atoms with van der Waals surface area (Å²) < 4.78 is 15.6. The van der Waals surface area contributed by atoms with Gasteiger partial charge in [-0.25, -0.2) is 9.59 Å². The van der Waals surface area contributed by atoms with Crippen LogP contribution in [0.4, 0.5) is 5.69 Å². The number of hydrogen-bond acceptors (Lipinski definition) is 7. The van der Waals surface area contributed by atoms with E-state index >= 15 is 0 Å². The number of rotatable bonds is 8. The van der Waals surface area contributed by atoms with Crippen LogP contribution in [0.5, 0.6) is 17.2 Å². The van der Waals surface area contributed by atoms with Crippen molar-refractivity contribution < 1.29 is 33.8 Å². The van der Waals surface area contributed by atoms with Crippen LogP contribution in [-0.2, 0) is 9.59 Å². The predicted molar refractivity (Wildman–Crippen MR) is 136 cm³/mol. The van der Waals surface area contributed by atoms with Crippen LogP contribution >= 0.6 is 23.2 Å². The minimum absolute atomic E-state index is 0. The van der Waals surface area contributed by atoms with Gasteiger partial charge in [0.15, 0.2) is 12.2 Å². The Bertz CT molecular complexity index is 1140. The molecule has 0 heterocycles. The summed E-state index contributed by atoms with van der Waals surface area (Å²) in [4.78, 5) is 32.3. The smallest absolute Gasteiger partial charge is 0.352 e. The fourth-order valence-electron chi connectivity index (χ4n) is 2.37. The molecule has 0 unspecified atom stereocenters. The number of nitrogens with zero attached hydrogens (tertiary/aromatic N) is 1. The van der Waals surface area contributed by atoms with E-state index in [1.165, 1.54) is 31.2 Å². The summed E-state index contributed by atoms with van der Waals surface area (Å²) in [6.07, 6.45) is -1.68. The highest BCUT2D eigenvalue weighted by atomic mass is 35.5. The molecule has 3 aromatic carbocycles. The first kappa shape index (κ1) is 30.2. The van der Waals surface area contributed by atoms with Gasteiger partial charge in [0.05, 0.1) is 4.92 Å². The Morgan fingerprint density at radius 2 is 1.17 bits per heavy atom. The zero-order chi connectivity index (χ0) is 26.0. The molecule has 3 aromatic rings. The monoisotopic (exact) mass is 537 g/mol. The van der Waals surface area contributed by atoms with Gasteiger partial charge in [-0.05, 0) is 74.5 Å². The Balaban J connectivity index is 0.000000397. The molecule has 0 saturated heterocycles. The van der Waals surface area contributed by atoms with Crippen LogP contribution in [0.2, 0.25) is 10.0 Å². The normalized spacial score (nSPS) is 11.4. The summed E-state index contributed by atoms with van der Waals surface area (Å²) in [6, 6.07) is 18.3. The maximum atomic E-state index is 11.9. The molecule has 0 radical (unpaired) electrons. The third-order valence-corrected chi connectivity index (χ3v) is 4.70. The van der Waals surface area contributed by atoms with Crippen LogP contribution < -0.4 is 14.2 Å². The Hall–Kier alpha value is -3.82. The molecule has 36 heavy (non-hydrogen) atoms. The molecule has 0 amide bonds. The molecular formula is C25H25Cl2NO8. The Labute approximate surface area is 218 Å². The van der Waals surface area contributed by atoms with Gasteiger partial charge < -0.3 is 19.3 Å². The molecule has 0 bridgehead atoms. The van der Waals surface area contributed by atoms with Gasteiger partial charge in [-0.2, -0.15) is 0 Å². The Morgan fingerprint density at radius 1 is 0.778 bits per heavy atom. The van der Waals surface area contributed by atoms with E-state index in [2.05, 4.69) is 0 Å². The Morgan fingerprint density at radius 3 is 1.56 bits per heavy atom. The number of carbonyl (C=O) groups is 2. The fraction of sp³-hybridized carbons (Fsp3) is 0.200. The van der Waals surface area contributed by atoms with Crippen molar-refractivity contribution in [3.05, 3.63) is 93.0 Å². The van der Waals surface area contributed by atoms with Gasteiger partial charge >= 0.3 is 11.9 Å². The first-order valence-electron chi connectivity index (χ1n) is 10.1. The third-order valence-electron chi connectivity index (χ3n) is 4.20. The number of esters is 1. The molecule has 2 atom stereocenters. The van der Waals surface area contributed by atoms with Crippen LogP contribution in [0, 0.1) is 10.1 Å². The van der Waals surface area contributed by atoms with Crippen molar-refractivity contribution in [2.45, 2.75) is 33.5 Å². The third kappa shape index (κ3) is 10.2. The number of non-ortho nitro benzene ring substituents is 1. The van der Waals surface area contributed by atoms with E-state index in [1.807, 2.05) is 0 Å². The van der Waals surface area contributed by atoms with Gasteiger partial charge in [-0.1, -0.05) is 30.6 Å². The molecular weight excluding hydrogens is 513 g/mol. The molecule has 11 heteroatoms. The summed E-state index contributed by atoms with van der Waals surface area (Å²) in [5.41, 5.74) is -0.0785. The number of benzene rings is 3.